The number of aromatic carboxylic acids is 1. The van der Waals surface area contributed by atoms with Gasteiger partial charge in [0.15, 0.2) is 5.76 Å². The molecule has 0 spiro atoms. The molecule has 6 nitrogen and oxygen atoms in total. The number of carbonyl (C=O) groups is 2. The van der Waals surface area contributed by atoms with Crippen molar-refractivity contribution in [3.8, 4) is 0 Å². The number of hydrogen-bond acceptors (Lipinski definition) is 4. The Morgan fingerprint density at radius 3 is 2.61 bits per heavy atom. The van der Waals surface area contributed by atoms with Crippen LogP contribution in [0.15, 0.2) is 16.5 Å². The first-order valence-corrected chi connectivity index (χ1v) is 5.73. The molecule has 0 atom stereocenters. The van der Waals surface area contributed by atoms with Crippen molar-refractivity contribution in [1.82, 2.24) is 5.32 Å². The number of nitrogens with one attached hydrogen (secondary N) is 1. The van der Waals surface area contributed by atoms with Crippen LogP contribution in [0.4, 0.5) is 0 Å². The first kappa shape index (κ1) is 14.2. The average Bonchev–Trinajstić information content (AvgIpc) is 2.77. The Bertz CT molecular complexity index is 410. The largest absolute Gasteiger partial charge is 0.475 e. The van der Waals surface area contributed by atoms with Crippen LogP contribution in [0.5, 0.6) is 0 Å². The Kier molecular flexibility index (Phi) is 5.38. The second-order valence-corrected chi connectivity index (χ2v) is 4.00. The lowest BCUT2D eigenvalue weighted by Gasteiger charge is -2.07. The summed E-state index contributed by atoms with van der Waals surface area (Å²) in [5, 5.41) is 11.3. The second kappa shape index (κ2) is 6.80. The van der Waals surface area contributed by atoms with Crippen molar-refractivity contribution in [2.75, 3.05) is 13.2 Å². The number of amides is 1. The SMILES string of the molecule is CC(C)OCCCNC(=O)c1ccc(C(=O)O)o1. The zero-order valence-electron chi connectivity index (χ0n) is 10.4. The van der Waals surface area contributed by atoms with Crippen molar-refractivity contribution in [2.45, 2.75) is 26.4 Å². The van der Waals surface area contributed by atoms with Crippen LogP contribution < -0.4 is 5.32 Å². The first-order chi connectivity index (χ1) is 8.50. The Hall–Kier alpha value is -1.82. The smallest absolute Gasteiger partial charge is 0.371 e. The van der Waals surface area contributed by atoms with Gasteiger partial charge in [0, 0.05) is 13.2 Å². The van der Waals surface area contributed by atoms with Gasteiger partial charge in [0.2, 0.25) is 5.76 Å². The molecule has 1 aromatic heterocycles. The topological polar surface area (TPSA) is 88.8 Å². The highest BCUT2D eigenvalue weighted by Gasteiger charge is 2.14. The summed E-state index contributed by atoms with van der Waals surface area (Å²) in [6.45, 7) is 4.90. The lowest BCUT2D eigenvalue weighted by Crippen LogP contribution is -2.25. The van der Waals surface area contributed by atoms with E-state index in [4.69, 9.17) is 14.3 Å². The van der Waals surface area contributed by atoms with Gasteiger partial charge in [0.1, 0.15) is 0 Å². The van der Waals surface area contributed by atoms with Crippen molar-refractivity contribution in [2.24, 2.45) is 0 Å². The normalized spacial score (nSPS) is 10.6. The highest BCUT2D eigenvalue weighted by atomic mass is 16.5. The Morgan fingerprint density at radius 1 is 1.39 bits per heavy atom. The molecule has 1 aromatic rings. The number of carboxylic acid groups (broad SMARTS) is 1. The molecule has 1 amide bonds. The second-order valence-electron chi connectivity index (χ2n) is 4.00. The molecule has 0 aromatic carbocycles. The summed E-state index contributed by atoms with van der Waals surface area (Å²) in [5.41, 5.74) is 0. The molecule has 1 heterocycles. The zero-order valence-corrected chi connectivity index (χ0v) is 10.4. The van der Waals surface area contributed by atoms with E-state index >= 15 is 0 Å². The van der Waals surface area contributed by atoms with Gasteiger partial charge in [0.25, 0.3) is 5.91 Å². The van der Waals surface area contributed by atoms with Gasteiger partial charge in [-0.1, -0.05) is 0 Å². The van der Waals surface area contributed by atoms with Crippen LogP contribution in [0.1, 0.15) is 41.4 Å². The third kappa shape index (κ3) is 4.58. The maximum absolute atomic E-state index is 11.5. The van der Waals surface area contributed by atoms with Gasteiger partial charge < -0.3 is 19.6 Å². The van der Waals surface area contributed by atoms with Crippen LogP contribution in [0.2, 0.25) is 0 Å². The third-order valence-electron chi connectivity index (χ3n) is 2.10. The predicted molar refractivity (Wildman–Crippen MR) is 63.7 cm³/mol. The molecule has 0 fully saturated rings. The predicted octanol–water partition coefficient (Wildman–Crippen LogP) is 1.52. The lowest BCUT2D eigenvalue weighted by atomic mass is 10.4. The fourth-order valence-corrected chi connectivity index (χ4v) is 1.26. The van der Waals surface area contributed by atoms with E-state index in [9.17, 15) is 9.59 Å². The van der Waals surface area contributed by atoms with Crippen LogP contribution >= 0.6 is 0 Å². The van der Waals surface area contributed by atoms with Gasteiger partial charge in [-0.05, 0) is 32.4 Å². The minimum atomic E-state index is -1.20. The lowest BCUT2D eigenvalue weighted by molar-refractivity contribution is 0.0659. The van der Waals surface area contributed by atoms with Crippen molar-refractivity contribution in [3.05, 3.63) is 23.7 Å². The summed E-state index contributed by atoms with van der Waals surface area (Å²) >= 11 is 0. The molecular formula is C12H17NO5. The van der Waals surface area contributed by atoms with Gasteiger partial charge in [-0.3, -0.25) is 4.79 Å². The van der Waals surface area contributed by atoms with Crippen LogP contribution in [0.3, 0.4) is 0 Å². The van der Waals surface area contributed by atoms with Crippen LogP contribution in [0.25, 0.3) is 0 Å². The molecule has 100 valence electrons. The number of hydrogen-bond donors (Lipinski definition) is 2. The molecule has 1 rings (SSSR count). The van der Waals surface area contributed by atoms with Gasteiger partial charge in [-0.2, -0.15) is 0 Å². The Morgan fingerprint density at radius 2 is 2.06 bits per heavy atom. The molecule has 6 heteroatoms. The molecule has 0 saturated heterocycles. The number of furan rings is 1. The zero-order chi connectivity index (χ0) is 13.5. The number of carboxylic acids is 1. The average molecular weight is 255 g/mol. The first-order valence-electron chi connectivity index (χ1n) is 5.73. The van der Waals surface area contributed by atoms with Crippen LogP contribution in [-0.2, 0) is 4.74 Å². The molecular weight excluding hydrogens is 238 g/mol. The highest BCUT2D eigenvalue weighted by molar-refractivity contribution is 5.93. The summed E-state index contributed by atoms with van der Waals surface area (Å²) in [4.78, 5) is 22.1. The molecule has 0 unspecified atom stereocenters. The molecule has 0 aliphatic rings. The van der Waals surface area contributed by atoms with E-state index in [1.165, 1.54) is 12.1 Å². The summed E-state index contributed by atoms with van der Waals surface area (Å²) < 4.78 is 10.2. The van der Waals surface area contributed by atoms with E-state index in [0.29, 0.717) is 19.6 Å². The molecule has 0 aliphatic heterocycles. The van der Waals surface area contributed by atoms with E-state index in [-0.39, 0.29) is 17.6 Å². The van der Waals surface area contributed by atoms with Gasteiger partial charge >= 0.3 is 5.97 Å². The molecule has 0 saturated carbocycles. The summed E-state index contributed by atoms with van der Waals surface area (Å²) in [7, 11) is 0. The minimum absolute atomic E-state index is 0.00261. The Balaban J connectivity index is 2.30. The van der Waals surface area contributed by atoms with Crippen molar-refractivity contribution in [1.29, 1.82) is 0 Å². The number of carbonyl (C=O) groups excluding carboxylic acids is 1. The Labute approximate surface area is 105 Å². The van der Waals surface area contributed by atoms with Gasteiger partial charge in [0.05, 0.1) is 6.10 Å². The third-order valence-corrected chi connectivity index (χ3v) is 2.10. The van der Waals surface area contributed by atoms with E-state index in [1.54, 1.807) is 0 Å². The fraction of sp³-hybridized carbons (Fsp3) is 0.500. The van der Waals surface area contributed by atoms with E-state index in [0.717, 1.165) is 0 Å². The molecule has 18 heavy (non-hydrogen) atoms. The molecule has 0 aliphatic carbocycles. The fourth-order valence-electron chi connectivity index (χ4n) is 1.26. The molecule has 0 bridgehead atoms. The van der Waals surface area contributed by atoms with E-state index < -0.39 is 11.9 Å². The summed E-state index contributed by atoms with van der Waals surface area (Å²) in [6, 6.07) is 2.59. The molecule has 2 N–H and O–H groups in total. The minimum Gasteiger partial charge on any atom is -0.475 e. The van der Waals surface area contributed by atoms with Crippen LogP contribution in [0, 0.1) is 0 Å². The number of rotatable bonds is 7. The standard InChI is InChI=1S/C12H17NO5/c1-8(2)17-7-3-6-13-11(14)9-4-5-10(18-9)12(15)16/h4-5,8H,3,6-7H2,1-2H3,(H,13,14)(H,15,16). The van der Waals surface area contributed by atoms with Gasteiger partial charge in [-0.15, -0.1) is 0 Å². The summed E-state index contributed by atoms with van der Waals surface area (Å²) in [6.07, 6.45) is 0.861. The number of ether oxygens (including phenoxy) is 1. The monoisotopic (exact) mass is 255 g/mol. The van der Waals surface area contributed by atoms with Gasteiger partial charge in [-0.25, -0.2) is 4.79 Å². The van der Waals surface area contributed by atoms with Crippen molar-refractivity contribution in [3.63, 3.8) is 0 Å². The highest BCUT2D eigenvalue weighted by Crippen LogP contribution is 2.07. The maximum Gasteiger partial charge on any atom is 0.371 e. The molecule has 0 radical (unpaired) electrons. The quantitative estimate of drug-likeness (QED) is 0.721. The maximum atomic E-state index is 11.5. The van der Waals surface area contributed by atoms with E-state index in [2.05, 4.69) is 5.32 Å². The van der Waals surface area contributed by atoms with E-state index in [1.807, 2.05) is 13.8 Å². The summed E-state index contributed by atoms with van der Waals surface area (Å²) in [5.74, 6) is -1.87. The van der Waals surface area contributed by atoms with Crippen molar-refractivity contribution < 1.29 is 23.8 Å². The van der Waals surface area contributed by atoms with Crippen LogP contribution in [-0.4, -0.2) is 36.2 Å². The van der Waals surface area contributed by atoms with Crippen molar-refractivity contribution >= 4 is 11.9 Å².